The van der Waals surface area contributed by atoms with Crippen molar-refractivity contribution in [2.45, 2.75) is 43.9 Å². The Bertz CT molecular complexity index is 507. The molecule has 0 spiro atoms. The van der Waals surface area contributed by atoms with Crippen LogP contribution in [0.4, 0.5) is 0 Å². The van der Waals surface area contributed by atoms with E-state index in [0.29, 0.717) is 12.0 Å². The SMILES string of the molecule is CNC(C(=O)NC1CCCC2OCCC12)c1cnn(C)c1.Cl. The van der Waals surface area contributed by atoms with Crippen molar-refractivity contribution < 1.29 is 9.53 Å². The number of nitrogens with zero attached hydrogens (tertiary/aromatic N) is 2. The van der Waals surface area contributed by atoms with Gasteiger partial charge in [-0.25, -0.2) is 0 Å². The number of halogens is 1. The second-order valence-corrected chi connectivity index (χ2v) is 6.08. The van der Waals surface area contributed by atoms with Gasteiger partial charge in [0, 0.05) is 37.4 Å². The first-order chi connectivity index (χ1) is 10.2. The highest BCUT2D eigenvalue weighted by Gasteiger charge is 2.39. The number of nitrogens with one attached hydrogen (secondary N) is 2. The summed E-state index contributed by atoms with van der Waals surface area (Å²) in [7, 11) is 3.66. The van der Waals surface area contributed by atoms with Crippen molar-refractivity contribution in [3.8, 4) is 0 Å². The molecule has 1 aromatic heterocycles. The molecule has 3 rings (SSSR count). The van der Waals surface area contributed by atoms with Gasteiger partial charge in [0.2, 0.25) is 5.91 Å². The highest BCUT2D eigenvalue weighted by molar-refractivity contribution is 5.85. The molecule has 1 saturated carbocycles. The quantitative estimate of drug-likeness (QED) is 0.871. The molecule has 4 atom stereocenters. The number of carbonyl (C=O) groups is 1. The molecule has 2 N–H and O–H groups in total. The van der Waals surface area contributed by atoms with Crippen LogP contribution in [0.5, 0.6) is 0 Å². The number of likely N-dealkylation sites (N-methyl/N-ethyl adjacent to an activating group) is 1. The summed E-state index contributed by atoms with van der Waals surface area (Å²) < 4.78 is 7.48. The van der Waals surface area contributed by atoms with Crippen LogP contribution >= 0.6 is 12.4 Å². The zero-order valence-corrected chi connectivity index (χ0v) is 13.9. The predicted molar refractivity (Wildman–Crippen MR) is 85.9 cm³/mol. The Morgan fingerprint density at radius 1 is 1.45 bits per heavy atom. The van der Waals surface area contributed by atoms with Gasteiger partial charge in [-0.3, -0.25) is 9.48 Å². The second-order valence-electron chi connectivity index (χ2n) is 6.08. The zero-order chi connectivity index (χ0) is 14.8. The normalized spacial score (nSPS) is 28.5. The van der Waals surface area contributed by atoms with Gasteiger partial charge in [0.1, 0.15) is 6.04 Å². The number of hydrogen-bond donors (Lipinski definition) is 2. The van der Waals surface area contributed by atoms with E-state index >= 15 is 0 Å². The third-order valence-electron chi connectivity index (χ3n) is 4.72. The Hall–Kier alpha value is -1.11. The summed E-state index contributed by atoms with van der Waals surface area (Å²) in [6, 6.07) is -0.104. The van der Waals surface area contributed by atoms with Crippen LogP contribution in [-0.2, 0) is 16.6 Å². The Balaban J connectivity index is 0.00000176. The lowest BCUT2D eigenvalue weighted by atomic mass is 9.81. The fourth-order valence-corrected chi connectivity index (χ4v) is 3.66. The van der Waals surface area contributed by atoms with E-state index in [2.05, 4.69) is 15.7 Å². The van der Waals surface area contributed by atoms with E-state index in [9.17, 15) is 4.79 Å². The van der Waals surface area contributed by atoms with Gasteiger partial charge >= 0.3 is 0 Å². The number of hydrogen-bond acceptors (Lipinski definition) is 4. The minimum Gasteiger partial charge on any atom is -0.378 e. The largest absolute Gasteiger partial charge is 0.378 e. The van der Waals surface area contributed by atoms with Gasteiger partial charge in [-0.15, -0.1) is 12.4 Å². The van der Waals surface area contributed by atoms with Crippen LogP contribution in [0.1, 0.15) is 37.3 Å². The van der Waals surface area contributed by atoms with Crippen molar-refractivity contribution in [2.24, 2.45) is 13.0 Å². The predicted octanol–water partition coefficient (Wildman–Crippen LogP) is 1.18. The van der Waals surface area contributed by atoms with Gasteiger partial charge in [-0.1, -0.05) is 0 Å². The summed E-state index contributed by atoms with van der Waals surface area (Å²) in [5.74, 6) is 0.511. The molecule has 6 nitrogen and oxygen atoms in total. The lowest BCUT2D eigenvalue weighted by Gasteiger charge is -2.34. The van der Waals surface area contributed by atoms with Crippen LogP contribution in [0.25, 0.3) is 0 Å². The topological polar surface area (TPSA) is 68.2 Å². The molecule has 2 heterocycles. The van der Waals surface area contributed by atoms with E-state index in [0.717, 1.165) is 37.9 Å². The lowest BCUT2D eigenvalue weighted by molar-refractivity contribution is -0.124. The fourth-order valence-electron chi connectivity index (χ4n) is 3.66. The van der Waals surface area contributed by atoms with Gasteiger partial charge < -0.3 is 15.4 Å². The monoisotopic (exact) mass is 328 g/mol. The number of amides is 1. The Kier molecular flexibility index (Phi) is 5.83. The zero-order valence-electron chi connectivity index (χ0n) is 13.1. The molecule has 22 heavy (non-hydrogen) atoms. The highest BCUT2D eigenvalue weighted by Crippen LogP contribution is 2.34. The molecule has 124 valence electrons. The number of aryl methyl sites for hydroxylation is 1. The first-order valence-corrected chi connectivity index (χ1v) is 7.77. The van der Waals surface area contributed by atoms with Gasteiger partial charge in [0.25, 0.3) is 0 Å². The van der Waals surface area contributed by atoms with Crippen LogP contribution in [0.2, 0.25) is 0 Å². The van der Waals surface area contributed by atoms with Crippen LogP contribution in [-0.4, -0.2) is 41.5 Å². The number of aromatic nitrogens is 2. The lowest BCUT2D eigenvalue weighted by Crippen LogP contribution is -2.48. The van der Waals surface area contributed by atoms with E-state index < -0.39 is 0 Å². The van der Waals surface area contributed by atoms with E-state index in [1.54, 1.807) is 17.9 Å². The standard InChI is InChI=1S/C15H24N4O2.ClH/c1-16-14(10-8-17-19(2)9-10)15(20)18-12-4-3-5-13-11(12)6-7-21-13;/h8-9,11-14,16H,3-7H2,1-2H3,(H,18,20);1H. The van der Waals surface area contributed by atoms with Crippen molar-refractivity contribution in [3.05, 3.63) is 18.0 Å². The number of fused-ring (bicyclic) bond motifs is 1. The first kappa shape index (κ1) is 17.2. The fraction of sp³-hybridized carbons (Fsp3) is 0.733. The van der Waals surface area contributed by atoms with Gasteiger partial charge in [0.05, 0.1) is 12.3 Å². The maximum absolute atomic E-state index is 12.6. The number of rotatable bonds is 4. The minimum absolute atomic E-state index is 0. The Labute approximate surface area is 137 Å². The second kappa shape index (κ2) is 7.44. The molecule has 4 unspecified atom stereocenters. The maximum atomic E-state index is 12.6. The number of ether oxygens (including phenoxy) is 1. The van der Waals surface area contributed by atoms with E-state index in [-0.39, 0.29) is 30.4 Å². The van der Waals surface area contributed by atoms with Crippen LogP contribution in [0.15, 0.2) is 12.4 Å². The van der Waals surface area contributed by atoms with Gasteiger partial charge in [0.15, 0.2) is 0 Å². The molecular formula is C15H25ClN4O2. The molecule has 1 aromatic rings. The van der Waals surface area contributed by atoms with Crippen molar-refractivity contribution >= 4 is 18.3 Å². The van der Waals surface area contributed by atoms with Gasteiger partial charge in [-0.05, 0) is 32.7 Å². The van der Waals surface area contributed by atoms with Crippen molar-refractivity contribution in [3.63, 3.8) is 0 Å². The molecule has 0 aromatic carbocycles. The first-order valence-electron chi connectivity index (χ1n) is 7.77. The molecule has 7 heteroatoms. The van der Waals surface area contributed by atoms with E-state index in [1.165, 1.54) is 0 Å². The smallest absolute Gasteiger partial charge is 0.242 e. The summed E-state index contributed by atoms with van der Waals surface area (Å²) in [6.45, 7) is 0.833. The molecule has 0 radical (unpaired) electrons. The summed E-state index contributed by atoms with van der Waals surface area (Å²) in [5.41, 5.74) is 0.896. The summed E-state index contributed by atoms with van der Waals surface area (Å²) >= 11 is 0. The summed E-state index contributed by atoms with van der Waals surface area (Å²) in [6.07, 6.45) is 8.34. The van der Waals surface area contributed by atoms with Gasteiger partial charge in [-0.2, -0.15) is 5.10 Å². The Morgan fingerprint density at radius 2 is 2.27 bits per heavy atom. The van der Waals surface area contributed by atoms with Crippen molar-refractivity contribution in [2.75, 3.05) is 13.7 Å². The van der Waals surface area contributed by atoms with E-state index in [1.807, 2.05) is 13.2 Å². The average molecular weight is 329 g/mol. The Morgan fingerprint density at radius 3 is 2.95 bits per heavy atom. The third kappa shape index (κ3) is 3.45. The molecule has 1 saturated heterocycles. The van der Waals surface area contributed by atoms with Crippen LogP contribution < -0.4 is 10.6 Å². The molecular weight excluding hydrogens is 304 g/mol. The molecule has 2 fully saturated rings. The van der Waals surface area contributed by atoms with Crippen LogP contribution in [0, 0.1) is 5.92 Å². The van der Waals surface area contributed by atoms with Crippen molar-refractivity contribution in [1.29, 1.82) is 0 Å². The molecule has 1 amide bonds. The molecule has 1 aliphatic carbocycles. The molecule has 2 aliphatic rings. The minimum atomic E-state index is -0.346. The van der Waals surface area contributed by atoms with Crippen molar-refractivity contribution in [1.82, 2.24) is 20.4 Å². The highest BCUT2D eigenvalue weighted by atomic mass is 35.5. The average Bonchev–Trinajstić information content (AvgIpc) is 3.09. The molecule has 0 bridgehead atoms. The van der Waals surface area contributed by atoms with Crippen LogP contribution in [0.3, 0.4) is 0 Å². The maximum Gasteiger partial charge on any atom is 0.242 e. The third-order valence-corrected chi connectivity index (χ3v) is 4.72. The summed E-state index contributed by atoms with van der Waals surface area (Å²) in [5, 5.41) is 10.5. The number of carbonyl (C=O) groups excluding carboxylic acids is 1. The summed E-state index contributed by atoms with van der Waals surface area (Å²) in [4.78, 5) is 12.6. The van der Waals surface area contributed by atoms with E-state index in [4.69, 9.17) is 4.74 Å². The molecule has 1 aliphatic heterocycles.